The monoisotopic (exact) mass is 396 g/mol. The number of nitrogens with zero attached hydrogens (tertiary/aromatic N) is 2. The average molecular weight is 396 g/mol. The van der Waals surface area contributed by atoms with Gasteiger partial charge in [-0.2, -0.15) is 0 Å². The first-order chi connectivity index (χ1) is 13.5. The molecule has 0 aromatic heterocycles. The molecule has 1 aromatic rings. The summed E-state index contributed by atoms with van der Waals surface area (Å²) in [5.74, 6) is -4.26. The molecule has 0 atom stereocenters. The Morgan fingerprint density at radius 2 is 1.14 bits per heavy atom. The zero-order chi connectivity index (χ0) is 21.8. The van der Waals surface area contributed by atoms with Gasteiger partial charge in [0, 0.05) is 27.9 Å². The minimum Gasteiger partial charge on any atom is -0.478 e. The van der Waals surface area contributed by atoms with Crippen molar-refractivity contribution in [2.75, 3.05) is 9.80 Å². The lowest BCUT2D eigenvalue weighted by Gasteiger charge is -2.23. The normalized spacial score (nSPS) is 17.2. The molecule has 3 rings (SSSR count). The summed E-state index contributed by atoms with van der Waals surface area (Å²) in [4.78, 5) is 74.9. The van der Waals surface area contributed by atoms with E-state index in [-0.39, 0.29) is 39.2 Å². The van der Waals surface area contributed by atoms with Gasteiger partial charge in [-0.15, -0.1) is 0 Å². The fourth-order valence-corrected chi connectivity index (χ4v) is 3.17. The molecule has 0 fully saturated rings. The molecule has 1 aromatic carbocycles. The molecule has 9 heteroatoms. The van der Waals surface area contributed by atoms with Crippen LogP contribution in [0.2, 0.25) is 0 Å². The number of aldehydes is 1. The highest BCUT2D eigenvalue weighted by Gasteiger charge is 2.40. The lowest BCUT2D eigenvalue weighted by molar-refractivity contribution is -0.122. The minimum atomic E-state index is -1.48. The zero-order valence-corrected chi connectivity index (χ0v) is 16.0. The fourth-order valence-electron chi connectivity index (χ4n) is 3.17. The molecule has 0 saturated carbocycles. The van der Waals surface area contributed by atoms with Gasteiger partial charge in [0.25, 0.3) is 23.6 Å². The maximum absolute atomic E-state index is 12.6. The number of benzene rings is 1. The van der Waals surface area contributed by atoms with Crippen molar-refractivity contribution in [2.45, 2.75) is 27.7 Å². The maximum Gasteiger partial charge on any atom is 0.337 e. The van der Waals surface area contributed by atoms with E-state index in [9.17, 15) is 33.9 Å². The number of carboxylic acids is 1. The van der Waals surface area contributed by atoms with E-state index in [0.29, 0.717) is 11.2 Å². The highest BCUT2D eigenvalue weighted by molar-refractivity contribution is 6.35. The molecule has 4 amide bonds. The fraction of sp³-hybridized carbons (Fsp3) is 0.200. The van der Waals surface area contributed by atoms with E-state index in [1.165, 1.54) is 27.7 Å². The van der Waals surface area contributed by atoms with Gasteiger partial charge >= 0.3 is 5.97 Å². The molecule has 0 saturated heterocycles. The number of anilines is 2. The van der Waals surface area contributed by atoms with E-state index < -0.39 is 35.2 Å². The number of carbonyl (C=O) groups is 6. The van der Waals surface area contributed by atoms with Crippen molar-refractivity contribution in [3.8, 4) is 0 Å². The maximum atomic E-state index is 12.6. The molecule has 2 heterocycles. The summed E-state index contributed by atoms with van der Waals surface area (Å²) in [5, 5.41) is 9.56. The lowest BCUT2D eigenvalue weighted by atomic mass is 10.0. The van der Waals surface area contributed by atoms with Crippen LogP contribution in [0.15, 0.2) is 34.4 Å². The highest BCUT2D eigenvalue weighted by atomic mass is 16.4. The van der Waals surface area contributed by atoms with Crippen LogP contribution >= 0.6 is 0 Å². The molecular weight excluding hydrogens is 380 g/mol. The Hall–Kier alpha value is -3.88. The number of rotatable bonds is 4. The molecule has 0 spiro atoms. The molecule has 1 N–H and O–H groups in total. The van der Waals surface area contributed by atoms with Crippen molar-refractivity contribution < 1.29 is 33.9 Å². The van der Waals surface area contributed by atoms with Crippen LogP contribution in [0.25, 0.3) is 0 Å². The molecular formula is C20H16N2O7. The number of hydrogen-bond acceptors (Lipinski definition) is 6. The third-order valence-electron chi connectivity index (χ3n) is 5.20. The van der Waals surface area contributed by atoms with E-state index in [1.807, 2.05) is 0 Å². The van der Waals surface area contributed by atoms with Gasteiger partial charge in [-0.05, 0) is 39.8 Å². The Morgan fingerprint density at radius 1 is 0.759 bits per heavy atom. The first-order valence-corrected chi connectivity index (χ1v) is 8.51. The van der Waals surface area contributed by atoms with Crippen LogP contribution in [0.5, 0.6) is 0 Å². The smallest absolute Gasteiger partial charge is 0.337 e. The number of aromatic carboxylic acids is 1. The van der Waals surface area contributed by atoms with Crippen LogP contribution in [0.4, 0.5) is 11.4 Å². The number of imide groups is 2. The molecule has 148 valence electrons. The molecule has 0 unspecified atom stereocenters. The first kappa shape index (κ1) is 19.9. The van der Waals surface area contributed by atoms with E-state index >= 15 is 0 Å². The number of amides is 4. The van der Waals surface area contributed by atoms with E-state index in [0.717, 1.165) is 17.0 Å². The summed E-state index contributed by atoms with van der Waals surface area (Å²) < 4.78 is 0. The first-order valence-electron chi connectivity index (χ1n) is 8.51. The molecule has 0 bridgehead atoms. The Labute approximate surface area is 164 Å². The van der Waals surface area contributed by atoms with Gasteiger partial charge in [-0.25, -0.2) is 14.6 Å². The van der Waals surface area contributed by atoms with Crippen molar-refractivity contribution in [3.05, 3.63) is 45.6 Å². The number of carboxylic acid groups (broad SMARTS) is 1. The van der Waals surface area contributed by atoms with Crippen molar-refractivity contribution in [3.63, 3.8) is 0 Å². The number of hydrogen-bond donors (Lipinski definition) is 1. The van der Waals surface area contributed by atoms with Crippen molar-refractivity contribution >= 4 is 47.3 Å². The van der Waals surface area contributed by atoms with Crippen molar-refractivity contribution in [2.24, 2.45) is 0 Å². The van der Waals surface area contributed by atoms with Crippen molar-refractivity contribution in [1.82, 2.24) is 0 Å². The van der Waals surface area contributed by atoms with Crippen LogP contribution in [-0.2, 0) is 19.2 Å². The second-order valence-electron chi connectivity index (χ2n) is 6.74. The Morgan fingerprint density at radius 3 is 1.48 bits per heavy atom. The Bertz CT molecular complexity index is 1080. The standard InChI is InChI=1S/C20H16N2O7/c1-8-9(2)17(25)21(16(8)24)14-6-15(13(20(28)29)5-12(14)7-23)22-18(26)10(3)11(4)19(22)27/h5-7H,1-4H3,(H,28,29). The summed E-state index contributed by atoms with van der Waals surface area (Å²) in [5.41, 5.74) is -0.602. The molecule has 2 aliphatic rings. The van der Waals surface area contributed by atoms with Crippen LogP contribution in [0, 0.1) is 0 Å². The third-order valence-corrected chi connectivity index (χ3v) is 5.20. The van der Waals surface area contributed by atoms with E-state index in [1.54, 1.807) is 0 Å². The third kappa shape index (κ3) is 2.70. The molecule has 9 nitrogen and oxygen atoms in total. The lowest BCUT2D eigenvalue weighted by Crippen LogP contribution is -2.35. The average Bonchev–Trinajstić information content (AvgIpc) is 3.00. The van der Waals surface area contributed by atoms with E-state index in [4.69, 9.17) is 0 Å². The van der Waals surface area contributed by atoms with Gasteiger partial charge in [0.15, 0.2) is 6.29 Å². The number of carbonyl (C=O) groups excluding carboxylic acids is 5. The summed E-state index contributed by atoms with van der Waals surface area (Å²) in [6.45, 7) is 5.77. The largest absolute Gasteiger partial charge is 0.478 e. The van der Waals surface area contributed by atoms with Gasteiger partial charge in [0.1, 0.15) is 0 Å². The second-order valence-corrected chi connectivity index (χ2v) is 6.74. The topological polar surface area (TPSA) is 129 Å². The predicted molar refractivity (Wildman–Crippen MR) is 101 cm³/mol. The van der Waals surface area contributed by atoms with Gasteiger partial charge in [0.05, 0.1) is 16.9 Å². The summed E-state index contributed by atoms with van der Waals surface area (Å²) in [6.07, 6.45) is 0.303. The zero-order valence-electron chi connectivity index (χ0n) is 16.0. The summed E-state index contributed by atoms with van der Waals surface area (Å²) in [7, 11) is 0. The molecule has 0 radical (unpaired) electrons. The quantitative estimate of drug-likeness (QED) is 0.605. The van der Waals surface area contributed by atoms with Crippen LogP contribution in [-0.4, -0.2) is 41.0 Å². The Kier molecular flexibility index (Phi) is 4.54. The Balaban J connectivity index is 2.28. The molecule has 2 aliphatic heterocycles. The van der Waals surface area contributed by atoms with Gasteiger partial charge in [-0.1, -0.05) is 0 Å². The minimum absolute atomic E-state index is 0.147. The van der Waals surface area contributed by atoms with Crippen LogP contribution < -0.4 is 9.80 Å². The summed E-state index contributed by atoms with van der Waals surface area (Å²) >= 11 is 0. The molecule has 29 heavy (non-hydrogen) atoms. The van der Waals surface area contributed by atoms with Gasteiger partial charge in [-0.3, -0.25) is 24.0 Å². The van der Waals surface area contributed by atoms with E-state index in [2.05, 4.69) is 0 Å². The molecule has 0 aliphatic carbocycles. The van der Waals surface area contributed by atoms with Crippen molar-refractivity contribution in [1.29, 1.82) is 0 Å². The second kappa shape index (κ2) is 6.62. The summed E-state index contributed by atoms with van der Waals surface area (Å²) in [6, 6.07) is 1.98. The highest BCUT2D eigenvalue weighted by Crippen LogP contribution is 2.37. The van der Waals surface area contributed by atoms with Crippen LogP contribution in [0.3, 0.4) is 0 Å². The van der Waals surface area contributed by atoms with Crippen LogP contribution in [0.1, 0.15) is 48.4 Å². The van der Waals surface area contributed by atoms with Gasteiger partial charge in [0.2, 0.25) is 0 Å². The predicted octanol–water partition coefficient (Wildman–Crippen LogP) is 1.62. The SMILES string of the molecule is CC1=C(C)C(=O)N(c2cc(N3C(=O)C(C)=C(C)C3=O)c(C(=O)O)cc2C=O)C1=O. The van der Waals surface area contributed by atoms with Gasteiger partial charge < -0.3 is 5.11 Å².